The fraction of sp³-hybridized carbons (Fsp3) is 0.398. The maximum absolute atomic E-state index is 14.0. The zero-order valence-electron chi connectivity index (χ0n) is 72.8. The summed E-state index contributed by atoms with van der Waals surface area (Å²) in [5.74, 6) is -0.722. The molecule has 0 spiro atoms. The normalized spacial score (nSPS) is 11.4. The molecule has 1 atom stereocenters. The van der Waals surface area contributed by atoms with Gasteiger partial charge in [-0.25, -0.2) is 17.6 Å². The largest absolute Gasteiger partial charge is 0.496 e. The lowest BCUT2D eigenvalue weighted by Crippen LogP contribution is -2.22. The summed E-state index contributed by atoms with van der Waals surface area (Å²) in [6.45, 7) is 29.2. The number of rotatable bonds is 35. The van der Waals surface area contributed by atoms with Crippen LogP contribution in [0.2, 0.25) is 0 Å². The number of hydrogen-bond acceptors (Lipinski definition) is 17. The fourth-order valence-corrected chi connectivity index (χ4v) is 14.0. The number of aromatic nitrogens is 12. The molecule has 0 aliphatic rings. The summed E-state index contributed by atoms with van der Waals surface area (Å²) in [7, 11) is 14.1. The molecule has 6 aromatic carbocycles. The number of ether oxygens (including phenoxy) is 1. The first-order valence-electron chi connectivity index (χ1n) is 41.1. The van der Waals surface area contributed by atoms with E-state index in [0.29, 0.717) is 28.9 Å². The molecule has 0 amide bonds. The molecule has 0 aliphatic carbocycles. The van der Waals surface area contributed by atoms with Crippen molar-refractivity contribution in [2.24, 2.45) is 0 Å². The van der Waals surface area contributed by atoms with Gasteiger partial charge in [-0.3, -0.25) is 35.0 Å². The SMILES string of the molecule is CCCN(C)Cc1cn[nH]c1-c1cc(F)cc(F)c1.CCCN(C)Cc1cn[nH]c1-c1ccc(C#N)cc1C.CCCN(C)Cc1cn[nH]c1-c1ccc(C)cc1F.CCCN(C)Cc1cn[nH]c1-c1cccc(C(C)=O)c1.CCCN(C)Cc1cn[nH]c1-c1ccccc1OC.CCCN(C)Cc1cnn(CC(O)CO)c1-c1ccc(F)cc1. The van der Waals surface area contributed by atoms with Crippen LogP contribution >= 0.6 is 0 Å². The van der Waals surface area contributed by atoms with Crippen molar-refractivity contribution < 1.29 is 37.3 Å². The first kappa shape index (κ1) is 96.1. The molecule has 12 aromatic rings. The van der Waals surface area contributed by atoms with E-state index in [9.17, 15) is 27.5 Å². The van der Waals surface area contributed by atoms with Crippen LogP contribution in [0.25, 0.3) is 67.5 Å². The molecule has 0 saturated heterocycles. The Morgan fingerprint density at radius 3 is 1.32 bits per heavy atom. The van der Waals surface area contributed by atoms with Crippen LogP contribution in [0.1, 0.15) is 147 Å². The van der Waals surface area contributed by atoms with Crippen molar-refractivity contribution in [1.29, 1.82) is 5.26 Å². The zero-order chi connectivity index (χ0) is 87.2. The highest BCUT2D eigenvalue weighted by atomic mass is 19.1. The molecule has 1 unspecified atom stereocenters. The van der Waals surface area contributed by atoms with Crippen LogP contribution in [-0.2, 0) is 45.8 Å². The van der Waals surface area contributed by atoms with Gasteiger partial charge in [-0.2, -0.15) is 35.9 Å². The number of hydrogen-bond donors (Lipinski definition) is 7. The van der Waals surface area contributed by atoms with Gasteiger partial charge in [0.25, 0.3) is 0 Å². The molecule has 6 aromatic heterocycles. The van der Waals surface area contributed by atoms with Crippen molar-refractivity contribution >= 4 is 5.78 Å². The van der Waals surface area contributed by atoms with Crippen LogP contribution in [0.5, 0.6) is 5.75 Å². The number of nitriles is 1. The molecule has 0 radical (unpaired) electrons. The number of Topliss-reactive ketones (excluding diaryl/α,β-unsaturated/α-hetero) is 1. The van der Waals surface area contributed by atoms with Crippen LogP contribution in [0.15, 0.2) is 165 Å². The van der Waals surface area contributed by atoms with Gasteiger partial charge >= 0.3 is 0 Å². The molecule has 27 heteroatoms. The number of carbonyl (C=O) groups is 1. The first-order valence-corrected chi connectivity index (χ1v) is 41.1. The standard InChI is InChI=1S/C17H24FN3O2.C16H20N4.C16H21N3O.C15H20FN3.C15H21N3O.C14H17F2N3/c1-3-8-20(2)10-14-9-19-21(11-16(23)12-22)17(14)13-4-6-15(18)7-5-13;1-4-7-20(3)11-14-10-18-19-16(14)15-6-5-13(9-17)8-12(15)2;1-4-8-19(3)11-15-10-17-18-16(15)14-7-5-6-13(9-14)12(2)20;1-4-7-19(3)10-12-9-17-18-15(12)13-6-5-11(2)8-14(13)16;1-4-9-18(2)11-12-10-16-17-15(12)13-7-5-6-8-14(13)19-3;1-3-4-19(2)9-11-8-17-18-14(11)10-5-12(15)7-13(16)6-10/h4-7,9,16,22-23H,3,8,10-12H2,1-2H3;5-6,8,10H,4,7,11H2,1-3H3,(H,18,19);5-7,9-10H,4,8,11H2,1-3H3,(H,17,18);5-6,8-9H,4,7,10H2,1-3H3,(H,17,18);5-8,10H,4,9,11H2,1-3H3,(H,16,17);5-8H,3-4,9H2,1-2H3,(H,17,18). The van der Waals surface area contributed by atoms with Gasteiger partial charge in [0, 0.05) is 118 Å². The predicted octanol–water partition coefficient (Wildman–Crippen LogP) is 17.6. The Morgan fingerprint density at radius 1 is 0.467 bits per heavy atom. The second-order valence-electron chi connectivity index (χ2n) is 30.4. The third-order valence-corrected chi connectivity index (χ3v) is 19.6. The van der Waals surface area contributed by atoms with Gasteiger partial charge in [-0.1, -0.05) is 84.0 Å². The summed E-state index contributed by atoms with van der Waals surface area (Å²) < 4.78 is 60.8. The van der Waals surface area contributed by atoms with Gasteiger partial charge < -0.3 is 44.3 Å². The number of nitrogens with zero attached hydrogens (tertiary/aromatic N) is 14. The van der Waals surface area contributed by atoms with Gasteiger partial charge in [0.15, 0.2) is 5.78 Å². The monoisotopic (exact) mass is 1650 g/mol. The summed E-state index contributed by atoms with van der Waals surface area (Å²) in [5.41, 5.74) is 20.4. The molecule has 0 aliphatic heterocycles. The average Bonchev–Trinajstić information content (AvgIpc) is 1.68. The topological polar surface area (TPSA) is 271 Å². The van der Waals surface area contributed by atoms with Crippen LogP contribution < -0.4 is 4.74 Å². The third-order valence-electron chi connectivity index (χ3n) is 19.6. The molecule has 23 nitrogen and oxygen atoms in total. The number of methoxy groups -OCH3 is 1. The number of ketones is 1. The van der Waals surface area contributed by atoms with Crippen LogP contribution in [0, 0.1) is 48.4 Å². The number of nitrogens with one attached hydrogen (secondary N) is 5. The lowest BCUT2D eigenvalue weighted by Gasteiger charge is -2.17. The summed E-state index contributed by atoms with van der Waals surface area (Å²) in [6, 6.07) is 38.6. The lowest BCUT2D eigenvalue weighted by molar-refractivity contribution is 0.0786. The van der Waals surface area contributed by atoms with Crippen molar-refractivity contribution in [1.82, 2.24) is 90.2 Å². The van der Waals surface area contributed by atoms with Gasteiger partial charge in [0.2, 0.25) is 0 Å². The number of H-pyrrole nitrogens is 5. The Balaban J connectivity index is 0.000000199. The van der Waals surface area contributed by atoms with Crippen LogP contribution in [-0.4, -0.2) is 208 Å². The Morgan fingerprint density at radius 2 is 0.892 bits per heavy atom. The second kappa shape index (κ2) is 50.1. The number of aliphatic hydroxyl groups excluding tert-OH is 2. The second-order valence-corrected chi connectivity index (χ2v) is 30.4. The molecular formula is C93H123F4N19O4. The predicted molar refractivity (Wildman–Crippen MR) is 471 cm³/mol. The van der Waals surface area contributed by atoms with E-state index < -0.39 is 17.7 Å². The van der Waals surface area contributed by atoms with Gasteiger partial charge in [-0.15, -0.1) is 0 Å². The minimum Gasteiger partial charge on any atom is -0.496 e. The highest BCUT2D eigenvalue weighted by molar-refractivity contribution is 5.95. The van der Waals surface area contributed by atoms with Crippen molar-refractivity contribution in [3.8, 4) is 79.4 Å². The fourth-order valence-electron chi connectivity index (χ4n) is 14.0. The van der Waals surface area contributed by atoms with Crippen LogP contribution in [0.4, 0.5) is 17.6 Å². The number of carbonyl (C=O) groups excluding carboxylic acids is 1. The van der Waals surface area contributed by atoms with E-state index in [-0.39, 0.29) is 30.6 Å². The summed E-state index contributed by atoms with van der Waals surface area (Å²) in [5, 5.41) is 67.6. The minimum atomic E-state index is -0.879. The van der Waals surface area contributed by atoms with E-state index in [2.05, 4.69) is 167 Å². The first-order chi connectivity index (χ1) is 57.8. The van der Waals surface area contributed by atoms with E-state index in [1.54, 1.807) is 55.5 Å². The maximum Gasteiger partial charge on any atom is 0.159 e. The van der Waals surface area contributed by atoms with Crippen molar-refractivity contribution in [3.05, 3.63) is 243 Å². The van der Waals surface area contributed by atoms with E-state index in [1.807, 2.05) is 119 Å². The number of aromatic amines is 5. The molecule has 7 N–H and O–H groups in total. The van der Waals surface area contributed by atoms with E-state index in [4.69, 9.17) is 15.1 Å². The molecule has 0 saturated carbocycles. The Kier molecular flexibility index (Phi) is 40.1. The lowest BCUT2D eigenvalue weighted by atomic mass is 10.0. The summed E-state index contributed by atoms with van der Waals surface area (Å²) in [6.07, 6.45) is 16.6. The quantitative estimate of drug-likeness (QED) is 0.0144. The zero-order valence-corrected chi connectivity index (χ0v) is 72.8. The Bertz CT molecular complexity index is 5040. The Hall–Kier alpha value is -11.1. The smallest absolute Gasteiger partial charge is 0.159 e. The summed E-state index contributed by atoms with van der Waals surface area (Å²) in [4.78, 5) is 24.9. The molecular weight excluding hydrogens is 1520 g/mol. The van der Waals surface area contributed by atoms with E-state index in [0.717, 1.165) is 212 Å². The van der Waals surface area contributed by atoms with Crippen molar-refractivity contribution in [2.45, 2.75) is 153 Å². The average molecular weight is 1650 g/mol. The number of halogens is 4. The molecule has 6 heterocycles. The van der Waals surface area contributed by atoms with Crippen molar-refractivity contribution in [3.63, 3.8) is 0 Å². The highest BCUT2D eigenvalue weighted by Gasteiger charge is 2.21. The minimum absolute atomic E-state index is 0.0796. The number of aliphatic hydroxyl groups is 2. The van der Waals surface area contributed by atoms with E-state index in [1.165, 1.54) is 35.4 Å². The molecule has 0 bridgehead atoms. The highest BCUT2D eigenvalue weighted by Crippen LogP contribution is 2.33. The number of para-hydroxylation sites is 1. The molecule has 12 rings (SSSR count). The number of aryl methyl sites for hydroxylation is 2. The Labute approximate surface area is 705 Å². The van der Waals surface area contributed by atoms with Gasteiger partial charge in [0.05, 0.1) is 109 Å². The molecule has 120 heavy (non-hydrogen) atoms. The van der Waals surface area contributed by atoms with E-state index >= 15 is 0 Å². The number of benzene rings is 6. The third kappa shape index (κ3) is 29.7. The summed E-state index contributed by atoms with van der Waals surface area (Å²) >= 11 is 0. The maximum atomic E-state index is 14.0. The molecule has 642 valence electrons. The molecule has 0 fully saturated rings. The van der Waals surface area contributed by atoms with Gasteiger partial charge in [0.1, 0.15) is 29.0 Å². The van der Waals surface area contributed by atoms with Crippen molar-refractivity contribution in [2.75, 3.05) is 95.3 Å². The van der Waals surface area contributed by atoms with Gasteiger partial charge in [-0.05, 0) is 231 Å². The van der Waals surface area contributed by atoms with Crippen LogP contribution in [0.3, 0.4) is 0 Å².